The summed E-state index contributed by atoms with van der Waals surface area (Å²) in [7, 11) is 0. The maximum Gasteiger partial charge on any atom is 0.304 e. The van der Waals surface area contributed by atoms with Gasteiger partial charge in [-0.3, -0.25) is 9.69 Å². The number of aliphatic carboxylic acids is 1. The molecule has 0 bridgehead atoms. The van der Waals surface area contributed by atoms with Gasteiger partial charge in [0.1, 0.15) is 0 Å². The van der Waals surface area contributed by atoms with Crippen molar-refractivity contribution in [3.63, 3.8) is 0 Å². The lowest BCUT2D eigenvalue weighted by atomic mass is 9.96. The molecule has 100 valence electrons. The highest BCUT2D eigenvalue weighted by atomic mass is 16.5. The van der Waals surface area contributed by atoms with Crippen molar-refractivity contribution in [1.82, 2.24) is 4.90 Å². The molecule has 0 saturated carbocycles. The summed E-state index contributed by atoms with van der Waals surface area (Å²) < 4.78 is 5.73. The third kappa shape index (κ3) is 4.28. The van der Waals surface area contributed by atoms with Gasteiger partial charge in [0.15, 0.2) is 0 Å². The van der Waals surface area contributed by atoms with Crippen LogP contribution < -0.4 is 0 Å². The molecule has 1 aliphatic heterocycles. The fourth-order valence-corrected chi connectivity index (χ4v) is 2.94. The zero-order chi connectivity index (χ0) is 13.0. The lowest BCUT2D eigenvalue weighted by Gasteiger charge is -2.41. The highest BCUT2D eigenvalue weighted by Crippen LogP contribution is 2.25. The lowest BCUT2D eigenvalue weighted by Crippen LogP contribution is -2.48. The molecule has 0 aromatic carbocycles. The van der Waals surface area contributed by atoms with Crippen LogP contribution in [-0.2, 0) is 9.53 Å². The van der Waals surface area contributed by atoms with Gasteiger partial charge in [0.05, 0.1) is 18.6 Å². The van der Waals surface area contributed by atoms with Crippen LogP contribution in [0.25, 0.3) is 0 Å². The Hall–Kier alpha value is -0.610. The monoisotopic (exact) mass is 243 g/mol. The Morgan fingerprint density at radius 3 is 2.35 bits per heavy atom. The summed E-state index contributed by atoms with van der Waals surface area (Å²) in [6, 6.07) is 0.549. The smallest absolute Gasteiger partial charge is 0.304 e. The van der Waals surface area contributed by atoms with Gasteiger partial charge in [0.25, 0.3) is 0 Å². The molecule has 4 heteroatoms. The van der Waals surface area contributed by atoms with Crippen molar-refractivity contribution in [2.45, 2.75) is 71.2 Å². The van der Waals surface area contributed by atoms with E-state index in [2.05, 4.69) is 25.7 Å². The zero-order valence-corrected chi connectivity index (χ0v) is 11.3. The molecule has 1 fully saturated rings. The molecule has 3 atom stereocenters. The molecule has 0 aromatic rings. The third-order valence-electron chi connectivity index (χ3n) is 3.54. The number of carbonyl (C=O) groups is 1. The summed E-state index contributed by atoms with van der Waals surface area (Å²) in [4.78, 5) is 13.1. The summed E-state index contributed by atoms with van der Waals surface area (Å²) in [5.41, 5.74) is 0. The zero-order valence-electron chi connectivity index (χ0n) is 11.3. The first-order chi connectivity index (χ1) is 7.93. The molecule has 0 amide bonds. The van der Waals surface area contributed by atoms with Crippen LogP contribution in [0.15, 0.2) is 0 Å². The van der Waals surface area contributed by atoms with Crippen molar-refractivity contribution in [3.05, 3.63) is 0 Å². The maximum atomic E-state index is 10.8. The predicted molar refractivity (Wildman–Crippen MR) is 67.1 cm³/mol. The van der Waals surface area contributed by atoms with Gasteiger partial charge in [-0.2, -0.15) is 0 Å². The van der Waals surface area contributed by atoms with Crippen LogP contribution in [0.3, 0.4) is 0 Å². The summed E-state index contributed by atoms with van der Waals surface area (Å²) in [5, 5.41) is 8.88. The second kappa shape index (κ2) is 6.36. The van der Waals surface area contributed by atoms with Crippen LogP contribution in [0.5, 0.6) is 0 Å². The highest BCUT2D eigenvalue weighted by Gasteiger charge is 2.31. The minimum absolute atomic E-state index is 0.0972. The van der Waals surface area contributed by atoms with E-state index >= 15 is 0 Å². The molecule has 0 aromatic heterocycles. The van der Waals surface area contributed by atoms with Crippen molar-refractivity contribution in [1.29, 1.82) is 0 Å². The van der Waals surface area contributed by atoms with E-state index < -0.39 is 5.97 Å². The van der Waals surface area contributed by atoms with Crippen LogP contribution >= 0.6 is 0 Å². The predicted octanol–water partition coefficient (Wildman–Crippen LogP) is 2.13. The number of ether oxygens (including phenoxy) is 1. The first kappa shape index (κ1) is 14.5. The molecule has 1 saturated heterocycles. The second-order valence-corrected chi connectivity index (χ2v) is 5.16. The molecule has 0 aliphatic carbocycles. The molecule has 0 spiro atoms. The summed E-state index contributed by atoms with van der Waals surface area (Å²) >= 11 is 0. The molecule has 0 radical (unpaired) electrons. The quantitative estimate of drug-likeness (QED) is 0.803. The van der Waals surface area contributed by atoms with Crippen molar-refractivity contribution < 1.29 is 14.6 Å². The van der Waals surface area contributed by atoms with Crippen LogP contribution in [-0.4, -0.2) is 46.8 Å². The van der Waals surface area contributed by atoms with Crippen LogP contribution in [0, 0.1) is 0 Å². The average Bonchev–Trinajstić information content (AvgIpc) is 2.15. The summed E-state index contributed by atoms with van der Waals surface area (Å²) in [5.74, 6) is -0.718. The van der Waals surface area contributed by atoms with Gasteiger partial charge in [-0.1, -0.05) is 6.92 Å². The largest absolute Gasteiger partial charge is 0.481 e. The number of rotatable bonds is 5. The van der Waals surface area contributed by atoms with Crippen LogP contribution in [0.2, 0.25) is 0 Å². The number of hydrogen-bond acceptors (Lipinski definition) is 3. The van der Waals surface area contributed by atoms with E-state index in [1.165, 1.54) is 0 Å². The van der Waals surface area contributed by atoms with Gasteiger partial charge >= 0.3 is 5.97 Å². The molecule has 1 rings (SSSR count). The SMILES string of the molecule is CCN(C(C)CC(=O)O)C1CC(C)OC(C)C1. The Morgan fingerprint density at radius 2 is 1.94 bits per heavy atom. The van der Waals surface area contributed by atoms with E-state index in [0.29, 0.717) is 6.04 Å². The molecule has 3 unspecified atom stereocenters. The lowest BCUT2D eigenvalue weighted by molar-refractivity contribution is -0.139. The Labute approximate surface area is 104 Å². The number of hydrogen-bond donors (Lipinski definition) is 1. The van der Waals surface area contributed by atoms with Crippen LogP contribution in [0.4, 0.5) is 0 Å². The number of carboxylic acid groups (broad SMARTS) is 1. The topological polar surface area (TPSA) is 49.8 Å². The van der Waals surface area contributed by atoms with E-state index in [-0.39, 0.29) is 24.7 Å². The van der Waals surface area contributed by atoms with E-state index in [0.717, 1.165) is 19.4 Å². The van der Waals surface area contributed by atoms with Crippen molar-refractivity contribution >= 4 is 5.97 Å². The fourth-order valence-electron chi connectivity index (χ4n) is 2.94. The van der Waals surface area contributed by atoms with Crippen LogP contribution in [0.1, 0.15) is 47.0 Å². The van der Waals surface area contributed by atoms with E-state index in [1.807, 2.05) is 6.92 Å². The molecular weight excluding hydrogens is 218 g/mol. The molecule has 17 heavy (non-hydrogen) atoms. The molecule has 1 N–H and O–H groups in total. The Morgan fingerprint density at radius 1 is 1.41 bits per heavy atom. The van der Waals surface area contributed by atoms with E-state index in [9.17, 15) is 4.79 Å². The molecule has 1 aliphatic rings. The van der Waals surface area contributed by atoms with E-state index in [1.54, 1.807) is 0 Å². The van der Waals surface area contributed by atoms with E-state index in [4.69, 9.17) is 9.84 Å². The molecule has 4 nitrogen and oxygen atoms in total. The Balaban J connectivity index is 2.62. The normalized spacial score (nSPS) is 31.5. The van der Waals surface area contributed by atoms with Gasteiger partial charge < -0.3 is 9.84 Å². The number of carboxylic acids is 1. The Kier molecular flexibility index (Phi) is 5.40. The van der Waals surface area contributed by atoms with Gasteiger partial charge in [0, 0.05) is 12.1 Å². The summed E-state index contributed by atoms with van der Waals surface area (Å²) in [6.45, 7) is 9.20. The van der Waals surface area contributed by atoms with Gasteiger partial charge in [-0.05, 0) is 40.2 Å². The van der Waals surface area contributed by atoms with Gasteiger partial charge in [-0.25, -0.2) is 0 Å². The van der Waals surface area contributed by atoms with Crippen molar-refractivity contribution in [2.24, 2.45) is 0 Å². The highest BCUT2D eigenvalue weighted by molar-refractivity contribution is 5.67. The standard InChI is InChI=1S/C13H25NO3/c1-5-14(9(2)6-13(15)16)12-7-10(3)17-11(4)8-12/h9-12H,5-8H2,1-4H3,(H,15,16). The van der Waals surface area contributed by atoms with Gasteiger partial charge in [-0.15, -0.1) is 0 Å². The minimum Gasteiger partial charge on any atom is -0.481 e. The third-order valence-corrected chi connectivity index (χ3v) is 3.54. The summed E-state index contributed by atoms with van der Waals surface area (Å²) in [6.07, 6.45) is 2.77. The molecular formula is C13H25NO3. The van der Waals surface area contributed by atoms with Crippen molar-refractivity contribution in [3.8, 4) is 0 Å². The van der Waals surface area contributed by atoms with Crippen molar-refractivity contribution in [2.75, 3.05) is 6.54 Å². The Bertz CT molecular complexity index is 247. The average molecular weight is 243 g/mol. The maximum absolute atomic E-state index is 10.8. The second-order valence-electron chi connectivity index (χ2n) is 5.16. The fraction of sp³-hybridized carbons (Fsp3) is 0.923. The van der Waals surface area contributed by atoms with Gasteiger partial charge in [0.2, 0.25) is 0 Å². The first-order valence-corrected chi connectivity index (χ1v) is 6.57. The first-order valence-electron chi connectivity index (χ1n) is 6.57. The minimum atomic E-state index is -0.718. The number of nitrogens with zero attached hydrogens (tertiary/aromatic N) is 1. The molecule has 1 heterocycles.